The van der Waals surface area contributed by atoms with Crippen LogP contribution in [0.1, 0.15) is 40.6 Å². The lowest BCUT2D eigenvalue weighted by Crippen LogP contribution is -2.38. The summed E-state index contributed by atoms with van der Waals surface area (Å²) in [6.07, 6.45) is 1.67. The van der Waals surface area contributed by atoms with E-state index in [2.05, 4.69) is 26.1 Å². The summed E-state index contributed by atoms with van der Waals surface area (Å²) in [5.41, 5.74) is 2.73. The number of aromatic nitrogens is 2. The van der Waals surface area contributed by atoms with Crippen molar-refractivity contribution in [3.05, 3.63) is 70.0 Å². The SMILES string of the molecule is Cc1ccccc1C(=O)N1CCC(c2nc(-c3ccc(Br)cc3)no2)CC1. The Bertz CT molecular complexity index is 944. The summed E-state index contributed by atoms with van der Waals surface area (Å²) in [6.45, 7) is 3.38. The quantitative estimate of drug-likeness (QED) is 0.602. The first-order valence-corrected chi connectivity index (χ1v) is 9.85. The second-order valence-corrected chi connectivity index (χ2v) is 7.76. The standard InChI is InChI=1S/C21H20BrN3O2/c1-14-4-2-3-5-18(14)21(26)25-12-10-16(11-13-25)20-23-19(24-27-20)15-6-8-17(22)9-7-15/h2-9,16H,10-13H2,1H3. The second-order valence-electron chi connectivity index (χ2n) is 6.84. The van der Waals surface area contributed by atoms with Crippen LogP contribution in [0.3, 0.4) is 0 Å². The van der Waals surface area contributed by atoms with Crippen molar-refractivity contribution in [3.63, 3.8) is 0 Å². The molecule has 1 saturated heterocycles. The highest BCUT2D eigenvalue weighted by Crippen LogP contribution is 2.29. The highest BCUT2D eigenvalue weighted by atomic mass is 79.9. The third-order valence-corrected chi connectivity index (χ3v) is 5.58. The first-order chi connectivity index (χ1) is 13.1. The Morgan fingerprint density at radius 3 is 2.52 bits per heavy atom. The summed E-state index contributed by atoms with van der Waals surface area (Å²) in [4.78, 5) is 19.3. The molecular formula is C21H20BrN3O2. The number of halogens is 1. The fraction of sp³-hybridized carbons (Fsp3) is 0.286. The van der Waals surface area contributed by atoms with Crippen LogP contribution in [0.2, 0.25) is 0 Å². The van der Waals surface area contributed by atoms with E-state index >= 15 is 0 Å². The van der Waals surface area contributed by atoms with Crippen molar-refractivity contribution in [2.45, 2.75) is 25.7 Å². The molecule has 0 spiro atoms. The Hall–Kier alpha value is -2.47. The number of rotatable bonds is 3. The van der Waals surface area contributed by atoms with Crippen LogP contribution in [-0.2, 0) is 0 Å². The van der Waals surface area contributed by atoms with Crippen molar-refractivity contribution in [1.29, 1.82) is 0 Å². The molecule has 0 radical (unpaired) electrons. The summed E-state index contributed by atoms with van der Waals surface area (Å²) in [7, 11) is 0. The zero-order valence-corrected chi connectivity index (χ0v) is 16.6. The number of hydrogen-bond donors (Lipinski definition) is 0. The average Bonchev–Trinajstić information content (AvgIpc) is 3.19. The molecule has 1 aromatic heterocycles. The number of hydrogen-bond acceptors (Lipinski definition) is 4. The molecule has 1 fully saturated rings. The number of piperidine rings is 1. The molecule has 4 rings (SSSR count). The molecule has 0 aliphatic carbocycles. The lowest BCUT2D eigenvalue weighted by Gasteiger charge is -2.30. The van der Waals surface area contributed by atoms with E-state index in [9.17, 15) is 4.79 Å². The average molecular weight is 426 g/mol. The van der Waals surface area contributed by atoms with Gasteiger partial charge in [0.2, 0.25) is 11.7 Å². The fourth-order valence-electron chi connectivity index (χ4n) is 3.43. The van der Waals surface area contributed by atoms with Gasteiger partial charge < -0.3 is 9.42 Å². The van der Waals surface area contributed by atoms with Gasteiger partial charge in [-0.15, -0.1) is 0 Å². The van der Waals surface area contributed by atoms with E-state index in [0.717, 1.165) is 34.0 Å². The van der Waals surface area contributed by atoms with Crippen LogP contribution in [0.5, 0.6) is 0 Å². The van der Waals surface area contributed by atoms with E-state index in [0.29, 0.717) is 24.8 Å². The molecule has 138 valence electrons. The van der Waals surface area contributed by atoms with E-state index in [4.69, 9.17) is 4.52 Å². The maximum atomic E-state index is 12.8. The fourth-order valence-corrected chi connectivity index (χ4v) is 3.69. The van der Waals surface area contributed by atoms with Gasteiger partial charge in [0.15, 0.2) is 0 Å². The third-order valence-electron chi connectivity index (χ3n) is 5.05. The molecule has 0 bridgehead atoms. The smallest absolute Gasteiger partial charge is 0.254 e. The summed E-state index contributed by atoms with van der Waals surface area (Å²) in [5.74, 6) is 1.57. The van der Waals surface area contributed by atoms with Crippen LogP contribution in [0.15, 0.2) is 57.5 Å². The number of amides is 1. The zero-order valence-electron chi connectivity index (χ0n) is 15.1. The molecular weight excluding hydrogens is 406 g/mol. The van der Waals surface area contributed by atoms with Crippen molar-refractivity contribution in [2.75, 3.05) is 13.1 Å². The van der Waals surface area contributed by atoms with E-state index in [1.807, 2.05) is 60.4 Å². The maximum absolute atomic E-state index is 12.8. The van der Waals surface area contributed by atoms with E-state index in [1.165, 1.54) is 0 Å². The summed E-state index contributed by atoms with van der Waals surface area (Å²) >= 11 is 3.43. The summed E-state index contributed by atoms with van der Waals surface area (Å²) in [5, 5.41) is 4.12. The molecule has 0 N–H and O–H groups in total. The zero-order chi connectivity index (χ0) is 18.8. The van der Waals surface area contributed by atoms with Gasteiger partial charge in [-0.05, 0) is 55.7 Å². The Morgan fingerprint density at radius 1 is 1.11 bits per heavy atom. The van der Waals surface area contributed by atoms with Gasteiger partial charge in [-0.2, -0.15) is 4.98 Å². The van der Waals surface area contributed by atoms with Gasteiger partial charge in [-0.25, -0.2) is 0 Å². The number of nitrogens with zero attached hydrogens (tertiary/aromatic N) is 3. The Kier molecular flexibility index (Phi) is 5.07. The predicted octanol–water partition coefficient (Wildman–Crippen LogP) is 4.83. The molecule has 1 amide bonds. The van der Waals surface area contributed by atoms with Gasteiger partial charge in [-0.1, -0.05) is 39.3 Å². The Morgan fingerprint density at radius 2 is 1.81 bits per heavy atom. The Balaban J connectivity index is 1.42. The molecule has 2 aromatic carbocycles. The molecule has 0 atom stereocenters. The van der Waals surface area contributed by atoms with Crippen LogP contribution in [0, 0.1) is 6.92 Å². The number of aryl methyl sites for hydroxylation is 1. The molecule has 2 heterocycles. The van der Waals surface area contributed by atoms with Crippen LogP contribution in [0.25, 0.3) is 11.4 Å². The van der Waals surface area contributed by atoms with Crippen LogP contribution >= 0.6 is 15.9 Å². The van der Waals surface area contributed by atoms with E-state index in [-0.39, 0.29) is 11.8 Å². The minimum absolute atomic E-state index is 0.104. The molecule has 27 heavy (non-hydrogen) atoms. The van der Waals surface area contributed by atoms with Gasteiger partial charge in [0.05, 0.1) is 0 Å². The van der Waals surface area contributed by atoms with Crippen molar-refractivity contribution in [3.8, 4) is 11.4 Å². The highest BCUT2D eigenvalue weighted by Gasteiger charge is 2.28. The molecule has 3 aromatic rings. The van der Waals surface area contributed by atoms with Gasteiger partial charge in [-0.3, -0.25) is 4.79 Å². The molecule has 1 aliphatic heterocycles. The molecule has 1 aliphatic rings. The van der Waals surface area contributed by atoms with Crippen LogP contribution in [0.4, 0.5) is 0 Å². The molecule has 0 unspecified atom stereocenters. The topological polar surface area (TPSA) is 59.2 Å². The van der Waals surface area contributed by atoms with Crippen LogP contribution in [-0.4, -0.2) is 34.0 Å². The predicted molar refractivity (Wildman–Crippen MR) is 106 cm³/mol. The minimum atomic E-state index is 0.104. The summed E-state index contributed by atoms with van der Waals surface area (Å²) in [6, 6.07) is 15.6. The van der Waals surface area contributed by atoms with Crippen molar-refractivity contribution in [2.24, 2.45) is 0 Å². The van der Waals surface area contributed by atoms with Crippen molar-refractivity contribution in [1.82, 2.24) is 15.0 Å². The monoisotopic (exact) mass is 425 g/mol. The highest BCUT2D eigenvalue weighted by molar-refractivity contribution is 9.10. The third kappa shape index (κ3) is 3.81. The van der Waals surface area contributed by atoms with Crippen molar-refractivity contribution >= 4 is 21.8 Å². The van der Waals surface area contributed by atoms with E-state index < -0.39 is 0 Å². The molecule has 0 saturated carbocycles. The minimum Gasteiger partial charge on any atom is -0.339 e. The number of carbonyl (C=O) groups excluding carboxylic acids is 1. The first-order valence-electron chi connectivity index (χ1n) is 9.06. The lowest BCUT2D eigenvalue weighted by atomic mass is 9.96. The van der Waals surface area contributed by atoms with Gasteiger partial charge in [0.25, 0.3) is 5.91 Å². The maximum Gasteiger partial charge on any atom is 0.254 e. The summed E-state index contributed by atoms with van der Waals surface area (Å²) < 4.78 is 6.53. The molecule has 6 heteroatoms. The number of likely N-dealkylation sites (tertiary alicyclic amines) is 1. The second kappa shape index (κ2) is 7.64. The first kappa shape index (κ1) is 17.9. The van der Waals surface area contributed by atoms with E-state index in [1.54, 1.807) is 0 Å². The number of carbonyl (C=O) groups is 1. The molecule has 5 nitrogen and oxygen atoms in total. The lowest BCUT2D eigenvalue weighted by molar-refractivity contribution is 0.0704. The van der Waals surface area contributed by atoms with Gasteiger partial charge in [0.1, 0.15) is 0 Å². The number of benzene rings is 2. The Labute approximate surface area is 166 Å². The van der Waals surface area contributed by atoms with Gasteiger partial charge >= 0.3 is 0 Å². The largest absolute Gasteiger partial charge is 0.339 e. The normalized spacial score (nSPS) is 15.1. The van der Waals surface area contributed by atoms with Crippen LogP contribution < -0.4 is 0 Å². The van der Waals surface area contributed by atoms with Gasteiger partial charge in [0, 0.05) is 34.6 Å². The van der Waals surface area contributed by atoms with Crippen molar-refractivity contribution < 1.29 is 9.32 Å².